The standard InChI is InChI=1S/C17H24N6/c1-22-11-15(9-21-22)20-8-13-4-2-5-14-10-23(12-16(13)14)17-18-6-3-7-19-17/h3,6-7,9,11,13-14,16,20H,2,4-5,8,10,12H2,1H3/t13-,14+,16+/m0/s1. The molecule has 1 aliphatic heterocycles. The average molecular weight is 312 g/mol. The molecular weight excluding hydrogens is 288 g/mol. The molecule has 0 radical (unpaired) electrons. The molecule has 2 aromatic rings. The zero-order chi connectivity index (χ0) is 15.6. The van der Waals surface area contributed by atoms with Crippen LogP contribution in [-0.4, -0.2) is 39.4 Å². The Morgan fingerprint density at radius 1 is 1.22 bits per heavy atom. The van der Waals surface area contributed by atoms with Crippen LogP contribution in [-0.2, 0) is 7.05 Å². The highest BCUT2D eigenvalue weighted by molar-refractivity contribution is 5.38. The number of nitrogens with zero attached hydrogens (tertiary/aromatic N) is 5. The van der Waals surface area contributed by atoms with Gasteiger partial charge in [0.25, 0.3) is 0 Å². The topological polar surface area (TPSA) is 58.9 Å². The number of aryl methyl sites for hydroxylation is 1. The van der Waals surface area contributed by atoms with E-state index in [4.69, 9.17) is 0 Å². The van der Waals surface area contributed by atoms with Gasteiger partial charge in [0.1, 0.15) is 0 Å². The van der Waals surface area contributed by atoms with E-state index in [9.17, 15) is 0 Å². The molecular formula is C17H24N6. The Balaban J connectivity index is 1.41. The van der Waals surface area contributed by atoms with Gasteiger partial charge in [-0.3, -0.25) is 4.68 Å². The minimum absolute atomic E-state index is 0.725. The van der Waals surface area contributed by atoms with Crippen molar-refractivity contribution >= 4 is 11.6 Å². The summed E-state index contributed by atoms with van der Waals surface area (Å²) in [4.78, 5) is 11.2. The number of hydrogen-bond donors (Lipinski definition) is 1. The highest BCUT2D eigenvalue weighted by atomic mass is 15.3. The van der Waals surface area contributed by atoms with Gasteiger partial charge in [-0.2, -0.15) is 5.10 Å². The fourth-order valence-electron chi connectivity index (χ4n) is 4.22. The molecule has 0 unspecified atom stereocenters. The second-order valence-corrected chi connectivity index (χ2v) is 6.85. The summed E-state index contributed by atoms with van der Waals surface area (Å²) in [5.74, 6) is 3.15. The van der Waals surface area contributed by atoms with Crippen molar-refractivity contribution in [2.75, 3.05) is 29.9 Å². The Bertz CT molecular complexity index is 640. The van der Waals surface area contributed by atoms with Crippen molar-refractivity contribution < 1.29 is 0 Å². The lowest BCUT2D eigenvalue weighted by atomic mass is 9.74. The number of rotatable bonds is 4. The molecule has 4 rings (SSSR count). The summed E-state index contributed by atoms with van der Waals surface area (Å²) in [7, 11) is 1.95. The molecule has 0 amide bonds. The molecule has 1 N–H and O–H groups in total. The van der Waals surface area contributed by atoms with Crippen LogP contribution in [0.5, 0.6) is 0 Å². The van der Waals surface area contributed by atoms with Crippen LogP contribution in [0.25, 0.3) is 0 Å². The Morgan fingerprint density at radius 2 is 2.09 bits per heavy atom. The smallest absolute Gasteiger partial charge is 0.225 e. The number of hydrogen-bond acceptors (Lipinski definition) is 5. The minimum atomic E-state index is 0.725. The van der Waals surface area contributed by atoms with Crippen LogP contribution in [0.1, 0.15) is 19.3 Å². The summed E-state index contributed by atoms with van der Waals surface area (Å²) in [5.41, 5.74) is 1.12. The summed E-state index contributed by atoms with van der Waals surface area (Å²) in [6.07, 6.45) is 11.6. The van der Waals surface area contributed by atoms with Gasteiger partial charge in [-0.15, -0.1) is 0 Å². The summed E-state index contributed by atoms with van der Waals surface area (Å²) in [6, 6.07) is 1.88. The van der Waals surface area contributed by atoms with Gasteiger partial charge in [-0.25, -0.2) is 9.97 Å². The van der Waals surface area contributed by atoms with Crippen LogP contribution in [0, 0.1) is 17.8 Å². The van der Waals surface area contributed by atoms with Crippen LogP contribution in [0.3, 0.4) is 0 Å². The van der Waals surface area contributed by atoms with Crippen molar-refractivity contribution in [3.8, 4) is 0 Å². The van der Waals surface area contributed by atoms with Gasteiger partial charge in [0.2, 0.25) is 5.95 Å². The van der Waals surface area contributed by atoms with Crippen LogP contribution in [0.2, 0.25) is 0 Å². The molecule has 0 bridgehead atoms. The summed E-state index contributed by atoms with van der Waals surface area (Å²) in [5, 5.41) is 7.80. The first-order valence-corrected chi connectivity index (χ1v) is 8.54. The van der Waals surface area contributed by atoms with Gasteiger partial charge < -0.3 is 10.2 Å². The van der Waals surface area contributed by atoms with Gasteiger partial charge in [0.15, 0.2) is 0 Å². The molecule has 2 fully saturated rings. The lowest BCUT2D eigenvalue weighted by Crippen LogP contribution is -2.32. The Hall–Kier alpha value is -2.11. The molecule has 3 heterocycles. The fraction of sp³-hybridized carbons (Fsp3) is 0.588. The second kappa shape index (κ2) is 6.18. The number of aromatic nitrogens is 4. The first kappa shape index (κ1) is 14.5. The predicted molar refractivity (Wildman–Crippen MR) is 90.3 cm³/mol. The Labute approximate surface area is 136 Å². The maximum absolute atomic E-state index is 4.43. The maximum atomic E-state index is 4.43. The number of nitrogens with one attached hydrogen (secondary N) is 1. The lowest BCUT2D eigenvalue weighted by Gasteiger charge is -2.33. The van der Waals surface area contributed by atoms with Gasteiger partial charge in [-0.1, -0.05) is 6.42 Å². The van der Waals surface area contributed by atoms with Crippen LogP contribution in [0.15, 0.2) is 30.9 Å². The van der Waals surface area contributed by atoms with E-state index in [0.717, 1.165) is 49.0 Å². The molecule has 1 saturated carbocycles. The van der Waals surface area contributed by atoms with Crippen molar-refractivity contribution in [1.29, 1.82) is 0 Å². The molecule has 1 aliphatic carbocycles. The van der Waals surface area contributed by atoms with Crippen molar-refractivity contribution in [2.45, 2.75) is 19.3 Å². The summed E-state index contributed by atoms with van der Waals surface area (Å²) in [6.45, 7) is 3.24. The molecule has 0 aromatic carbocycles. The first-order valence-electron chi connectivity index (χ1n) is 8.54. The monoisotopic (exact) mass is 312 g/mol. The van der Waals surface area contributed by atoms with Crippen LogP contribution < -0.4 is 10.2 Å². The van der Waals surface area contributed by atoms with Gasteiger partial charge in [0, 0.05) is 45.3 Å². The third kappa shape index (κ3) is 3.02. The number of fused-ring (bicyclic) bond motifs is 1. The third-order valence-electron chi connectivity index (χ3n) is 5.36. The largest absolute Gasteiger partial charge is 0.382 e. The molecule has 0 spiro atoms. The quantitative estimate of drug-likeness (QED) is 0.937. The van der Waals surface area contributed by atoms with Crippen molar-refractivity contribution in [3.05, 3.63) is 30.9 Å². The van der Waals surface area contributed by atoms with E-state index in [0.29, 0.717) is 0 Å². The van der Waals surface area contributed by atoms with E-state index in [2.05, 4.69) is 25.3 Å². The Morgan fingerprint density at radius 3 is 2.87 bits per heavy atom. The molecule has 23 heavy (non-hydrogen) atoms. The van der Waals surface area contributed by atoms with Crippen LogP contribution in [0.4, 0.5) is 11.6 Å². The normalized spacial score (nSPS) is 27.0. The summed E-state index contributed by atoms with van der Waals surface area (Å²) < 4.78 is 1.84. The SMILES string of the molecule is Cn1cc(NC[C@@H]2CCC[C@@H]3CN(c4ncccn4)C[C@@H]32)cn1. The van der Waals surface area contributed by atoms with Gasteiger partial charge >= 0.3 is 0 Å². The van der Waals surface area contributed by atoms with Crippen molar-refractivity contribution in [2.24, 2.45) is 24.8 Å². The molecule has 122 valence electrons. The van der Waals surface area contributed by atoms with Crippen molar-refractivity contribution in [3.63, 3.8) is 0 Å². The number of anilines is 2. The Kier molecular flexibility index (Phi) is 3.89. The van der Waals surface area contributed by atoms with E-state index in [1.165, 1.54) is 19.3 Å². The summed E-state index contributed by atoms with van der Waals surface area (Å²) >= 11 is 0. The molecule has 2 aromatic heterocycles. The zero-order valence-electron chi connectivity index (χ0n) is 13.6. The average Bonchev–Trinajstić information content (AvgIpc) is 3.20. The highest BCUT2D eigenvalue weighted by Crippen LogP contribution is 2.40. The maximum Gasteiger partial charge on any atom is 0.225 e. The lowest BCUT2D eigenvalue weighted by molar-refractivity contribution is 0.209. The van der Waals surface area contributed by atoms with E-state index in [1.54, 1.807) is 0 Å². The third-order valence-corrected chi connectivity index (χ3v) is 5.36. The molecule has 2 aliphatic rings. The van der Waals surface area contributed by atoms with E-state index < -0.39 is 0 Å². The highest BCUT2D eigenvalue weighted by Gasteiger charge is 2.40. The van der Waals surface area contributed by atoms with Crippen molar-refractivity contribution in [1.82, 2.24) is 19.7 Å². The van der Waals surface area contributed by atoms with Crippen LogP contribution >= 0.6 is 0 Å². The first-order chi connectivity index (χ1) is 11.3. The van der Waals surface area contributed by atoms with Gasteiger partial charge in [0.05, 0.1) is 11.9 Å². The molecule has 6 nitrogen and oxygen atoms in total. The predicted octanol–water partition coefficient (Wildman–Crippen LogP) is 2.17. The molecule has 6 heteroatoms. The zero-order valence-corrected chi connectivity index (χ0v) is 13.6. The molecule has 1 saturated heterocycles. The minimum Gasteiger partial charge on any atom is -0.382 e. The molecule has 3 atom stereocenters. The van der Waals surface area contributed by atoms with E-state index in [1.807, 2.05) is 42.6 Å². The van der Waals surface area contributed by atoms with E-state index in [-0.39, 0.29) is 0 Å². The second-order valence-electron chi connectivity index (χ2n) is 6.85. The van der Waals surface area contributed by atoms with Gasteiger partial charge in [-0.05, 0) is 36.7 Å². The fourth-order valence-corrected chi connectivity index (χ4v) is 4.22. The van der Waals surface area contributed by atoms with E-state index >= 15 is 0 Å².